The van der Waals surface area contributed by atoms with Crippen molar-refractivity contribution in [3.63, 3.8) is 0 Å². The highest BCUT2D eigenvalue weighted by atomic mass is 16.6. The van der Waals surface area contributed by atoms with E-state index >= 15 is 0 Å². The SMILES string of the molecule is Cc1c(-c2noc(-c3ccc(OC(C)C)c(C#N)c3)n2)ccc2c1CCN(C(=O)CCNC(=O)OC(C)(C)C)C2. The van der Waals surface area contributed by atoms with Gasteiger partial charge in [-0.2, -0.15) is 10.2 Å². The molecule has 10 heteroatoms. The number of benzene rings is 2. The molecule has 0 fully saturated rings. The van der Waals surface area contributed by atoms with E-state index in [1.165, 1.54) is 5.56 Å². The zero-order chi connectivity index (χ0) is 29.0. The molecule has 40 heavy (non-hydrogen) atoms. The summed E-state index contributed by atoms with van der Waals surface area (Å²) in [6, 6.07) is 11.3. The number of fused-ring (bicyclic) bond motifs is 1. The number of hydrogen-bond donors (Lipinski definition) is 1. The quantitative estimate of drug-likeness (QED) is 0.430. The number of amides is 2. The largest absolute Gasteiger partial charge is 0.490 e. The van der Waals surface area contributed by atoms with Gasteiger partial charge >= 0.3 is 6.09 Å². The Bertz CT molecular complexity index is 1450. The standard InChI is InChI=1S/C30H35N5O5/c1-18(2)38-25-10-8-20(15-22(25)16-31)28-33-27(34-40-28)24-9-7-21-17-35(14-12-23(21)19(24)3)26(36)11-13-32-29(37)39-30(4,5)6/h7-10,15,18H,11-14,17H2,1-6H3,(H,32,37). The summed E-state index contributed by atoms with van der Waals surface area (Å²) in [7, 11) is 0. The van der Waals surface area contributed by atoms with Gasteiger partial charge in [-0.05, 0) is 82.9 Å². The lowest BCUT2D eigenvalue weighted by molar-refractivity contribution is -0.132. The fourth-order valence-electron chi connectivity index (χ4n) is 4.60. The third-order valence-electron chi connectivity index (χ3n) is 6.42. The summed E-state index contributed by atoms with van der Waals surface area (Å²) >= 11 is 0. The first-order valence-electron chi connectivity index (χ1n) is 13.4. The van der Waals surface area contributed by atoms with E-state index in [1.807, 2.05) is 37.8 Å². The molecule has 0 unspecified atom stereocenters. The molecule has 1 aromatic heterocycles. The predicted molar refractivity (Wildman–Crippen MR) is 148 cm³/mol. The van der Waals surface area contributed by atoms with E-state index in [1.54, 1.807) is 39.0 Å². The molecule has 1 aliphatic heterocycles. The molecule has 0 saturated carbocycles. The van der Waals surface area contributed by atoms with Crippen LogP contribution >= 0.6 is 0 Å². The van der Waals surface area contributed by atoms with E-state index in [0.717, 1.165) is 16.7 Å². The van der Waals surface area contributed by atoms with Gasteiger partial charge in [-0.3, -0.25) is 4.79 Å². The summed E-state index contributed by atoms with van der Waals surface area (Å²) in [6.45, 7) is 12.5. The van der Waals surface area contributed by atoms with Gasteiger partial charge in [0.05, 0.1) is 11.7 Å². The van der Waals surface area contributed by atoms with Crippen molar-refractivity contribution >= 4 is 12.0 Å². The maximum Gasteiger partial charge on any atom is 0.407 e. The molecule has 0 spiro atoms. The molecular formula is C30H35N5O5. The number of aromatic nitrogens is 2. The van der Waals surface area contributed by atoms with E-state index in [0.29, 0.717) is 48.1 Å². The van der Waals surface area contributed by atoms with E-state index in [4.69, 9.17) is 14.0 Å². The first-order valence-corrected chi connectivity index (χ1v) is 13.4. The van der Waals surface area contributed by atoms with Crippen molar-refractivity contribution in [3.8, 4) is 34.7 Å². The summed E-state index contributed by atoms with van der Waals surface area (Å²) in [5.41, 5.74) is 4.59. The summed E-state index contributed by atoms with van der Waals surface area (Å²) in [6.07, 6.45) is 0.328. The molecule has 3 aromatic rings. The highest BCUT2D eigenvalue weighted by molar-refractivity contribution is 5.78. The molecule has 4 rings (SSSR count). The van der Waals surface area contributed by atoms with Crippen LogP contribution in [0.25, 0.3) is 22.8 Å². The third kappa shape index (κ3) is 6.78. The van der Waals surface area contributed by atoms with Crippen molar-refractivity contribution in [2.24, 2.45) is 0 Å². The van der Waals surface area contributed by atoms with Crippen molar-refractivity contribution in [1.29, 1.82) is 5.26 Å². The highest BCUT2D eigenvalue weighted by Gasteiger charge is 2.25. The van der Waals surface area contributed by atoms with Crippen LogP contribution in [0, 0.1) is 18.3 Å². The Hall–Kier alpha value is -4.39. The third-order valence-corrected chi connectivity index (χ3v) is 6.42. The summed E-state index contributed by atoms with van der Waals surface area (Å²) in [5, 5.41) is 16.4. The highest BCUT2D eigenvalue weighted by Crippen LogP contribution is 2.32. The molecule has 0 bridgehead atoms. The number of nitrogens with zero attached hydrogens (tertiary/aromatic N) is 4. The number of nitriles is 1. The summed E-state index contributed by atoms with van der Waals surface area (Å²) in [5.74, 6) is 1.27. The monoisotopic (exact) mass is 545 g/mol. The smallest absolute Gasteiger partial charge is 0.407 e. The molecule has 210 valence electrons. The average Bonchev–Trinajstić information content (AvgIpc) is 3.37. The van der Waals surface area contributed by atoms with Gasteiger partial charge in [-0.25, -0.2) is 4.79 Å². The fourth-order valence-corrected chi connectivity index (χ4v) is 4.60. The van der Waals surface area contributed by atoms with Gasteiger partial charge in [-0.15, -0.1) is 0 Å². The van der Waals surface area contributed by atoms with Gasteiger partial charge in [-0.1, -0.05) is 17.3 Å². The maximum absolute atomic E-state index is 12.8. The van der Waals surface area contributed by atoms with Crippen LogP contribution in [0.5, 0.6) is 5.75 Å². The minimum absolute atomic E-state index is 0.0206. The molecule has 0 saturated heterocycles. The number of hydrogen-bond acceptors (Lipinski definition) is 8. The fraction of sp³-hybridized carbons (Fsp3) is 0.433. The predicted octanol–water partition coefficient (Wildman–Crippen LogP) is 5.17. The second kappa shape index (κ2) is 11.8. The van der Waals surface area contributed by atoms with E-state index in [2.05, 4.69) is 21.5 Å². The Morgan fingerprint density at radius 1 is 1.23 bits per heavy atom. The summed E-state index contributed by atoms with van der Waals surface area (Å²) < 4.78 is 16.5. The minimum atomic E-state index is -0.584. The Labute approximate surface area is 234 Å². The average molecular weight is 546 g/mol. The van der Waals surface area contributed by atoms with Crippen molar-refractivity contribution in [3.05, 3.63) is 52.6 Å². The lowest BCUT2D eigenvalue weighted by Gasteiger charge is -2.30. The first-order chi connectivity index (χ1) is 18.9. The van der Waals surface area contributed by atoms with E-state index in [-0.39, 0.29) is 25.0 Å². The van der Waals surface area contributed by atoms with Crippen molar-refractivity contribution < 1.29 is 23.6 Å². The number of alkyl carbamates (subject to hydrolysis) is 1. The molecular weight excluding hydrogens is 510 g/mol. The van der Waals surface area contributed by atoms with Crippen LogP contribution in [-0.2, 0) is 22.5 Å². The van der Waals surface area contributed by atoms with Gasteiger partial charge in [0.25, 0.3) is 5.89 Å². The van der Waals surface area contributed by atoms with Crippen LogP contribution in [0.1, 0.15) is 63.3 Å². The first kappa shape index (κ1) is 28.6. The van der Waals surface area contributed by atoms with Gasteiger partial charge in [0.15, 0.2) is 0 Å². The van der Waals surface area contributed by atoms with Crippen molar-refractivity contribution in [2.45, 2.75) is 72.6 Å². The Morgan fingerprint density at radius 2 is 2.00 bits per heavy atom. The Morgan fingerprint density at radius 3 is 2.70 bits per heavy atom. The number of carbonyl (C=O) groups excluding carboxylic acids is 2. The molecule has 0 aliphatic carbocycles. The number of rotatable bonds is 7. The van der Waals surface area contributed by atoms with Crippen LogP contribution in [-0.4, -0.2) is 51.8 Å². The van der Waals surface area contributed by atoms with Gasteiger partial charge < -0.3 is 24.2 Å². The maximum atomic E-state index is 12.8. The summed E-state index contributed by atoms with van der Waals surface area (Å²) in [4.78, 5) is 31.0. The van der Waals surface area contributed by atoms with Crippen molar-refractivity contribution in [2.75, 3.05) is 13.1 Å². The molecule has 1 N–H and O–H groups in total. The van der Waals surface area contributed by atoms with Crippen LogP contribution in [0.3, 0.4) is 0 Å². The van der Waals surface area contributed by atoms with Crippen molar-refractivity contribution in [1.82, 2.24) is 20.4 Å². The van der Waals surface area contributed by atoms with Gasteiger partial charge in [0, 0.05) is 37.2 Å². The van der Waals surface area contributed by atoms with E-state index in [9.17, 15) is 14.9 Å². The van der Waals surface area contributed by atoms with E-state index < -0.39 is 11.7 Å². The topological polar surface area (TPSA) is 131 Å². The van der Waals surface area contributed by atoms with Crippen LogP contribution in [0.2, 0.25) is 0 Å². The molecule has 0 radical (unpaired) electrons. The lowest BCUT2D eigenvalue weighted by Crippen LogP contribution is -2.39. The molecule has 2 amide bonds. The minimum Gasteiger partial charge on any atom is -0.490 e. The number of ether oxygens (including phenoxy) is 2. The van der Waals surface area contributed by atoms with Crippen LogP contribution in [0.15, 0.2) is 34.9 Å². The molecule has 0 atom stereocenters. The zero-order valence-corrected chi connectivity index (χ0v) is 23.8. The van der Waals surface area contributed by atoms with Crippen LogP contribution < -0.4 is 10.1 Å². The molecule has 2 heterocycles. The number of nitrogens with one attached hydrogen (secondary N) is 1. The normalized spacial score (nSPS) is 13.0. The second-order valence-corrected chi connectivity index (χ2v) is 11.0. The Balaban J connectivity index is 1.43. The lowest BCUT2D eigenvalue weighted by atomic mass is 9.91. The Kier molecular flexibility index (Phi) is 8.43. The second-order valence-electron chi connectivity index (χ2n) is 11.0. The van der Waals surface area contributed by atoms with Crippen LogP contribution in [0.4, 0.5) is 4.79 Å². The molecule has 10 nitrogen and oxygen atoms in total. The zero-order valence-electron chi connectivity index (χ0n) is 23.8. The molecule has 1 aliphatic rings. The molecule has 2 aromatic carbocycles. The van der Waals surface area contributed by atoms with Gasteiger partial charge in [0.1, 0.15) is 17.4 Å². The number of carbonyl (C=O) groups is 2. The van der Waals surface area contributed by atoms with Gasteiger partial charge in [0.2, 0.25) is 11.7 Å².